The molecule has 70 valence electrons. The summed E-state index contributed by atoms with van der Waals surface area (Å²) < 4.78 is 0. The van der Waals surface area contributed by atoms with Crippen molar-refractivity contribution in [3.05, 3.63) is 22.2 Å². The molecule has 1 aromatic heterocycles. The van der Waals surface area contributed by atoms with Crippen molar-refractivity contribution in [2.75, 3.05) is 5.88 Å². The van der Waals surface area contributed by atoms with Gasteiger partial charge in [0.05, 0.1) is 0 Å². The predicted octanol–water partition coefficient (Wildman–Crippen LogP) is 2.48. The molecule has 1 aromatic rings. The van der Waals surface area contributed by atoms with Crippen molar-refractivity contribution < 1.29 is 9.90 Å². The summed E-state index contributed by atoms with van der Waals surface area (Å²) in [4.78, 5) is 14.3. The van der Waals surface area contributed by atoms with Crippen LogP contribution < -0.4 is 0 Å². The van der Waals surface area contributed by atoms with Gasteiger partial charge in [-0.2, -0.15) is 0 Å². The van der Waals surface area contributed by atoms with Crippen molar-refractivity contribution in [3.63, 3.8) is 0 Å². The Morgan fingerprint density at radius 2 is 2.54 bits per heavy atom. The predicted molar refractivity (Wildman–Crippen MR) is 53.4 cm³/mol. The molecule has 0 fully saturated rings. The van der Waals surface area contributed by atoms with E-state index < -0.39 is 5.97 Å². The van der Waals surface area contributed by atoms with Gasteiger partial charge in [-0.15, -0.1) is 22.9 Å². The van der Waals surface area contributed by atoms with Crippen LogP contribution in [0.3, 0.4) is 0 Å². The summed E-state index contributed by atoms with van der Waals surface area (Å²) in [6.07, 6.45) is 4.42. The second kappa shape index (κ2) is 4.99. The molecule has 0 saturated heterocycles. The molecular formula is C8H8ClNO2S. The first-order valence-electron chi connectivity index (χ1n) is 3.65. The fourth-order valence-corrected chi connectivity index (χ4v) is 1.55. The third-order valence-corrected chi connectivity index (χ3v) is 2.31. The van der Waals surface area contributed by atoms with Crippen LogP contribution in [-0.4, -0.2) is 21.9 Å². The maximum atomic E-state index is 10.4. The van der Waals surface area contributed by atoms with E-state index in [2.05, 4.69) is 4.98 Å². The molecule has 3 nitrogen and oxygen atoms in total. The van der Waals surface area contributed by atoms with Gasteiger partial charge in [0.2, 0.25) is 0 Å². The molecule has 1 rings (SSSR count). The highest BCUT2D eigenvalue weighted by molar-refractivity contribution is 7.10. The van der Waals surface area contributed by atoms with E-state index in [9.17, 15) is 4.79 Å². The standard InChI is InChI=1S/C8H8ClNO2S/c9-4-2-1-3-7-10-6(5-13-7)8(11)12/h1,3,5H,2,4H2,(H,11,12). The Hall–Kier alpha value is -0.870. The number of hydrogen-bond acceptors (Lipinski definition) is 3. The largest absolute Gasteiger partial charge is 0.476 e. The topological polar surface area (TPSA) is 50.2 Å². The zero-order valence-electron chi connectivity index (χ0n) is 6.74. The Kier molecular flexibility index (Phi) is 3.92. The summed E-state index contributed by atoms with van der Waals surface area (Å²) >= 11 is 6.77. The Bertz CT molecular complexity index is 322. The first-order chi connectivity index (χ1) is 6.24. The molecule has 0 amide bonds. The highest BCUT2D eigenvalue weighted by atomic mass is 35.5. The zero-order valence-corrected chi connectivity index (χ0v) is 8.31. The number of rotatable bonds is 4. The van der Waals surface area contributed by atoms with Gasteiger partial charge in [-0.25, -0.2) is 9.78 Å². The second-order valence-electron chi connectivity index (χ2n) is 2.26. The smallest absolute Gasteiger partial charge is 0.355 e. The van der Waals surface area contributed by atoms with Gasteiger partial charge < -0.3 is 5.11 Å². The van der Waals surface area contributed by atoms with E-state index in [1.54, 1.807) is 6.08 Å². The SMILES string of the molecule is O=C(O)c1csc(C=CCCCl)n1. The monoisotopic (exact) mass is 217 g/mol. The fourth-order valence-electron chi connectivity index (χ4n) is 0.710. The number of thiazole rings is 1. The van der Waals surface area contributed by atoms with Crippen LogP contribution in [-0.2, 0) is 0 Å². The van der Waals surface area contributed by atoms with Crippen LogP contribution in [0.5, 0.6) is 0 Å². The lowest BCUT2D eigenvalue weighted by Crippen LogP contribution is -1.95. The minimum atomic E-state index is -0.992. The van der Waals surface area contributed by atoms with E-state index in [0.29, 0.717) is 10.9 Å². The van der Waals surface area contributed by atoms with E-state index in [0.717, 1.165) is 6.42 Å². The molecule has 0 unspecified atom stereocenters. The molecule has 13 heavy (non-hydrogen) atoms. The minimum absolute atomic E-state index is 0.0931. The molecule has 0 aliphatic heterocycles. The number of allylic oxidation sites excluding steroid dienone is 1. The van der Waals surface area contributed by atoms with Gasteiger partial charge in [0.25, 0.3) is 0 Å². The summed E-state index contributed by atoms with van der Waals surface area (Å²) in [5.41, 5.74) is 0.0931. The number of hydrogen-bond donors (Lipinski definition) is 1. The molecule has 5 heteroatoms. The van der Waals surface area contributed by atoms with E-state index in [1.165, 1.54) is 16.7 Å². The van der Waals surface area contributed by atoms with Gasteiger partial charge in [-0.1, -0.05) is 6.08 Å². The first-order valence-corrected chi connectivity index (χ1v) is 5.07. The average Bonchev–Trinajstić information content (AvgIpc) is 2.53. The summed E-state index contributed by atoms with van der Waals surface area (Å²) in [5.74, 6) is -0.429. The quantitative estimate of drug-likeness (QED) is 0.789. The molecular weight excluding hydrogens is 210 g/mol. The van der Waals surface area contributed by atoms with E-state index >= 15 is 0 Å². The molecule has 0 spiro atoms. The highest BCUT2D eigenvalue weighted by Gasteiger charge is 2.05. The Morgan fingerprint density at radius 1 is 1.77 bits per heavy atom. The van der Waals surface area contributed by atoms with E-state index in [-0.39, 0.29) is 5.69 Å². The van der Waals surface area contributed by atoms with Crippen LogP contribution >= 0.6 is 22.9 Å². The average molecular weight is 218 g/mol. The molecule has 0 saturated carbocycles. The van der Waals surface area contributed by atoms with Gasteiger partial charge in [-0.05, 0) is 12.5 Å². The number of carbonyl (C=O) groups is 1. The molecule has 0 bridgehead atoms. The maximum Gasteiger partial charge on any atom is 0.355 e. The van der Waals surface area contributed by atoms with Crippen LogP contribution in [0.2, 0.25) is 0 Å². The van der Waals surface area contributed by atoms with Gasteiger partial charge in [0, 0.05) is 11.3 Å². The number of carboxylic acid groups (broad SMARTS) is 1. The van der Waals surface area contributed by atoms with Crippen molar-refractivity contribution in [1.82, 2.24) is 4.98 Å². The van der Waals surface area contributed by atoms with Crippen LogP contribution in [0.1, 0.15) is 21.9 Å². The van der Waals surface area contributed by atoms with Crippen LogP contribution in [0.15, 0.2) is 11.5 Å². The van der Waals surface area contributed by atoms with Crippen molar-refractivity contribution in [2.45, 2.75) is 6.42 Å². The molecule has 0 aliphatic rings. The van der Waals surface area contributed by atoms with E-state index in [1.807, 2.05) is 6.08 Å². The first kappa shape index (κ1) is 10.2. The lowest BCUT2D eigenvalue weighted by Gasteiger charge is -1.83. The lowest BCUT2D eigenvalue weighted by molar-refractivity contribution is 0.0691. The summed E-state index contributed by atoms with van der Waals surface area (Å²) in [6.45, 7) is 0. The fraction of sp³-hybridized carbons (Fsp3) is 0.250. The molecule has 0 atom stereocenters. The Labute approximate surface area is 84.7 Å². The highest BCUT2D eigenvalue weighted by Crippen LogP contribution is 2.11. The Morgan fingerprint density at radius 3 is 3.08 bits per heavy atom. The van der Waals surface area contributed by atoms with Crippen LogP contribution in [0.25, 0.3) is 6.08 Å². The number of carboxylic acids is 1. The van der Waals surface area contributed by atoms with Gasteiger partial charge in [0.15, 0.2) is 5.69 Å². The molecule has 1 N–H and O–H groups in total. The lowest BCUT2D eigenvalue weighted by atomic mass is 10.4. The van der Waals surface area contributed by atoms with Crippen molar-refractivity contribution in [1.29, 1.82) is 0 Å². The summed E-state index contributed by atoms with van der Waals surface area (Å²) in [6, 6.07) is 0. The number of aromatic nitrogens is 1. The number of halogens is 1. The van der Waals surface area contributed by atoms with Crippen molar-refractivity contribution >= 4 is 35.0 Å². The second-order valence-corrected chi connectivity index (χ2v) is 3.52. The number of aromatic carboxylic acids is 1. The van der Waals surface area contributed by atoms with Gasteiger partial charge in [-0.3, -0.25) is 0 Å². The number of alkyl halides is 1. The van der Waals surface area contributed by atoms with Crippen molar-refractivity contribution in [3.8, 4) is 0 Å². The van der Waals surface area contributed by atoms with Crippen LogP contribution in [0.4, 0.5) is 0 Å². The molecule has 0 radical (unpaired) electrons. The molecule has 1 heterocycles. The Balaban J connectivity index is 2.64. The van der Waals surface area contributed by atoms with Gasteiger partial charge >= 0.3 is 5.97 Å². The third-order valence-electron chi connectivity index (χ3n) is 1.28. The van der Waals surface area contributed by atoms with Crippen molar-refractivity contribution in [2.24, 2.45) is 0 Å². The normalized spacial score (nSPS) is 10.8. The number of nitrogens with zero attached hydrogens (tertiary/aromatic N) is 1. The van der Waals surface area contributed by atoms with Gasteiger partial charge in [0.1, 0.15) is 5.01 Å². The summed E-state index contributed by atoms with van der Waals surface area (Å²) in [7, 11) is 0. The minimum Gasteiger partial charge on any atom is -0.476 e. The maximum absolute atomic E-state index is 10.4. The molecule has 0 aliphatic carbocycles. The summed E-state index contributed by atoms with van der Waals surface area (Å²) in [5, 5.41) is 10.8. The third kappa shape index (κ3) is 3.16. The zero-order chi connectivity index (χ0) is 9.68. The van der Waals surface area contributed by atoms with Crippen LogP contribution in [0, 0.1) is 0 Å². The molecule has 0 aromatic carbocycles. The van der Waals surface area contributed by atoms with E-state index in [4.69, 9.17) is 16.7 Å².